The number of hydrogen-bond acceptors (Lipinski definition) is 8. The molecule has 204 valence electrons. The zero-order valence-corrected chi connectivity index (χ0v) is 23.0. The number of esters is 1. The Kier molecular flexibility index (Phi) is 6.82. The van der Waals surface area contributed by atoms with Gasteiger partial charge in [-0.25, -0.2) is 4.79 Å². The summed E-state index contributed by atoms with van der Waals surface area (Å²) in [4.78, 5) is 58.1. The highest BCUT2D eigenvalue weighted by Crippen LogP contribution is 2.35. The molecule has 0 aliphatic carbocycles. The van der Waals surface area contributed by atoms with Gasteiger partial charge in [0.15, 0.2) is 5.82 Å². The zero-order chi connectivity index (χ0) is 28.7. The summed E-state index contributed by atoms with van der Waals surface area (Å²) in [6.45, 7) is 1.69. The van der Waals surface area contributed by atoms with Crippen LogP contribution in [0.1, 0.15) is 22.8 Å². The van der Waals surface area contributed by atoms with Gasteiger partial charge in [0.25, 0.3) is 11.5 Å². The predicted octanol–water partition coefficient (Wildman–Crippen LogP) is 3.55. The van der Waals surface area contributed by atoms with Crippen LogP contribution in [0.5, 0.6) is 0 Å². The van der Waals surface area contributed by atoms with Crippen LogP contribution in [0.25, 0.3) is 21.9 Å². The van der Waals surface area contributed by atoms with Crippen molar-refractivity contribution in [3.8, 4) is 11.4 Å². The van der Waals surface area contributed by atoms with Gasteiger partial charge in [-0.3, -0.25) is 19.3 Å². The van der Waals surface area contributed by atoms with Gasteiger partial charge in [-0.15, -0.1) is 5.10 Å². The molecular formula is C29H20ClN5O5S. The predicted molar refractivity (Wildman–Crippen MR) is 155 cm³/mol. The molecule has 41 heavy (non-hydrogen) atoms. The van der Waals surface area contributed by atoms with Crippen molar-refractivity contribution in [1.82, 2.24) is 14.6 Å². The third-order valence-electron chi connectivity index (χ3n) is 6.39. The lowest BCUT2D eigenvalue weighted by molar-refractivity contribution is -0.118. The second-order valence-corrected chi connectivity index (χ2v) is 10.4. The highest BCUT2D eigenvalue weighted by atomic mass is 35.5. The average Bonchev–Trinajstić information content (AvgIpc) is 3.60. The van der Waals surface area contributed by atoms with Gasteiger partial charge < -0.3 is 10.1 Å². The number of ether oxygens (including phenoxy) is 1. The van der Waals surface area contributed by atoms with Gasteiger partial charge in [-0.05, 0) is 61.5 Å². The zero-order valence-electron chi connectivity index (χ0n) is 21.5. The molecule has 12 heteroatoms. The second-order valence-electron chi connectivity index (χ2n) is 9.00. The van der Waals surface area contributed by atoms with E-state index in [0.717, 1.165) is 11.3 Å². The lowest BCUT2D eigenvalue weighted by atomic mass is 10.1. The molecule has 0 unspecified atom stereocenters. The number of thiazole rings is 1. The topological polar surface area (TPSA) is 123 Å². The molecule has 0 fully saturated rings. The number of nitrogens with zero attached hydrogens (tertiary/aromatic N) is 4. The molecule has 3 aromatic carbocycles. The fourth-order valence-corrected chi connectivity index (χ4v) is 5.64. The maximum Gasteiger partial charge on any atom is 0.338 e. The number of para-hydroxylation sites is 1. The summed E-state index contributed by atoms with van der Waals surface area (Å²) in [6, 6.07) is 20.2. The Morgan fingerprint density at radius 3 is 2.44 bits per heavy atom. The van der Waals surface area contributed by atoms with Crippen LogP contribution in [0.3, 0.4) is 0 Å². The number of amides is 2. The summed E-state index contributed by atoms with van der Waals surface area (Å²) in [6.07, 6.45) is 0. The van der Waals surface area contributed by atoms with Crippen LogP contribution in [0.2, 0.25) is 5.02 Å². The van der Waals surface area contributed by atoms with E-state index in [4.69, 9.17) is 16.3 Å². The summed E-state index contributed by atoms with van der Waals surface area (Å²) >= 11 is 7.03. The molecule has 0 spiro atoms. The minimum atomic E-state index is -0.474. The molecule has 1 aliphatic heterocycles. The maximum absolute atomic E-state index is 13.7. The third-order valence-corrected chi connectivity index (χ3v) is 7.67. The average molecular weight is 586 g/mol. The van der Waals surface area contributed by atoms with E-state index in [0.29, 0.717) is 43.9 Å². The highest BCUT2D eigenvalue weighted by molar-refractivity contribution is 7.15. The van der Waals surface area contributed by atoms with Gasteiger partial charge in [-0.2, -0.15) is 9.50 Å². The van der Waals surface area contributed by atoms with E-state index in [9.17, 15) is 19.2 Å². The number of nitrogens with one attached hydrogen (secondary N) is 1. The molecule has 1 N–H and O–H groups in total. The lowest BCUT2D eigenvalue weighted by Crippen LogP contribution is -2.37. The van der Waals surface area contributed by atoms with Gasteiger partial charge in [0.1, 0.15) is 11.1 Å². The van der Waals surface area contributed by atoms with Crippen LogP contribution in [-0.4, -0.2) is 45.5 Å². The van der Waals surface area contributed by atoms with Gasteiger partial charge >= 0.3 is 5.97 Å². The molecule has 0 saturated heterocycles. The first kappa shape index (κ1) is 26.4. The van der Waals surface area contributed by atoms with Gasteiger partial charge in [0.2, 0.25) is 10.9 Å². The van der Waals surface area contributed by atoms with Crippen LogP contribution in [-0.2, 0) is 14.3 Å². The van der Waals surface area contributed by atoms with Gasteiger partial charge in [0, 0.05) is 21.8 Å². The van der Waals surface area contributed by atoms with Gasteiger partial charge in [-0.1, -0.05) is 41.1 Å². The molecule has 2 aromatic heterocycles. The van der Waals surface area contributed by atoms with E-state index in [2.05, 4.69) is 15.4 Å². The molecule has 10 nitrogen and oxygen atoms in total. The largest absolute Gasteiger partial charge is 0.462 e. The van der Waals surface area contributed by atoms with Crippen molar-refractivity contribution < 1.29 is 19.1 Å². The number of anilines is 2. The Morgan fingerprint density at radius 2 is 1.73 bits per heavy atom. The van der Waals surface area contributed by atoms with Crippen LogP contribution in [0.15, 0.2) is 77.6 Å². The summed E-state index contributed by atoms with van der Waals surface area (Å²) in [5.74, 6) is -1.01. The van der Waals surface area contributed by atoms with E-state index in [-0.39, 0.29) is 23.3 Å². The number of carbonyl (C=O) groups excluding carboxylic acids is 3. The Hall–Kier alpha value is -4.87. The molecule has 0 radical (unpaired) electrons. The Bertz CT molecular complexity index is 1950. The monoisotopic (exact) mass is 585 g/mol. The number of aromatic nitrogens is 3. The lowest BCUT2D eigenvalue weighted by Gasteiger charge is -2.16. The Morgan fingerprint density at radius 1 is 1.00 bits per heavy atom. The number of carbonyl (C=O) groups is 3. The van der Waals surface area contributed by atoms with Crippen LogP contribution < -0.4 is 20.3 Å². The SMILES string of the molecule is CCOC(=O)c1ccc(NC(=O)CN2C(=O)C(=c3sc4nc(-c5ccc(Cl)cc5)nn4c3=O)c3ccccc32)cc1. The van der Waals surface area contributed by atoms with Crippen molar-refractivity contribution in [3.63, 3.8) is 0 Å². The molecule has 0 atom stereocenters. The van der Waals surface area contributed by atoms with Crippen molar-refractivity contribution in [2.24, 2.45) is 0 Å². The number of benzene rings is 3. The first-order valence-electron chi connectivity index (χ1n) is 12.5. The summed E-state index contributed by atoms with van der Waals surface area (Å²) in [5.41, 5.74) is 2.30. The molecule has 3 heterocycles. The van der Waals surface area contributed by atoms with E-state index < -0.39 is 23.3 Å². The standard InChI is InChI=1S/C29H20ClN5O5S/c1-2-40-28(39)17-9-13-19(14-10-17)31-22(36)15-34-21-6-4-3-5-20(21)23(26(34)37)24-27(38)35-29(41-24)32-25(33-35)16-7-11-18(30)12-8-16/h3-14H,2,15H2,1H3,(H,31,36). The normalized spacial score (nSPS) is 13.9. The van der Waals surface area contributed by atoms with Crippen molar-refractivity contribution >= 4 is 62.6 Å². The number of fused-ring (bicyclic) bond motifs is 2. The maximum atomic E-state index is 13.7. The molecular weight excluding hydrogens is 566 g/mol. The first-order valence-corrected chi connectivity index (χ1v) is 13.7. The third kappa shape index (κ3) is 4.85. The smallest absolute Gasteiger partial charge is 0.338 e. The minimum Gasteiger partial charge on any atom is -0.462 e. The quantitative estimate of drug-likeness (QED) is 0.302. The molecule has 6 rings (SSSR count). The van der Waals surface area contributed by atoms with Crippen LogP contribution in [0, 0.1) is 0 Å². The van der Waals surface area contributed by atoms with Crippen molar-refractivity contribution in [3.05, 3.63) is 104 Å². The van der Waals surface area contributed by atoms with E-state index in [1.807, 2.05) is 0 Å². The summed E-state index contributed by atoms with van der Waals surface area (Å²) in [7, 11) is 0. The number of hydrogen-bond donors (Lipinski definition) is 1. The molecule has 5 aromatic rings. The van der Waals surface area contributed by atoms with Crippen molar-refractivity contribution in [2.75, 3.05) is 23.4 Å². The Balaban J connectivity index is 1.29. The fraction of sp³-hybridized carbons (Fsp3) is 0.103. The number of rotatable bonds is 6. The Labute approximate surface area is 241 Å². The summed E-state index contributed by atoms with van der Waals surface area (Å²) < 4.78 is 6.35. The van der Waals surface area contributed by atoms with E-state index in [1.165, 1.54) is 9.42 Å². The molecule has 0 bridgehead atoms. The molecule has 1 aliphatic rings. The van der Waals surface area contributed by atoms with E-state index in [1.54, 1.807) is 79.7 Å². The first-order chi connectivity index (χ1) is 19.8. The van der Waals surface area contributed by atoms with Crippen molar-refractivity contribution in [1.29, 1.82) is 0 Å². The molecule has 0 saturated carbocycles. The second kappa shape index (κ2) is 10.6. The molecule has 2 amide bonds. The minimum absolute atomic E-state index is 0.192. The summed E-state index contributed by atoms with van der Waals surface area (Å²) in [5, 5.41) is 7.67. The highest BCUT2D eigenvalue weighted by Gasteiger charge is 2.35. The van der Waals surface area contributed by atoms with E-state index >= 15 is 0 Å². The van der Waals surface area contributed by atoms with Crippen molar-refractivity contribution in [2.45, 2.75) is 6.92 Å². The fourth-order valence-electron chi connectivity index (χ4n) is 4.51. The van der Waals surface area contributed by atoms with Crippen LogP contribution >= 0.6 is 22.9 Å². The van der Waals surface area contributed by atoms with Gasteiger partial charge in [0.05, 0.1) is 23.4 Å². The number of halogens is 1. The van der Waals surface area contributed by atoms with Crippen LogP contribution in [0.4, 0.5) is 11.4 Å².